The number of nitrogens with one attached hydrogen (secondary N) is 2. The second-order valence-corrected chi connectivity index (χ2v) is 7.71. The van der Waals surface area contributed by atoms with Gasteiger partial charge in [0, 0.05) is 24.1 Å². The maximum Gasteiger partial charge on any atom is 0.224 e. The zero-order chi connectivity index (χ0) is 17.6. The molecular formula is C18H25N5OS. The number of amides is 1. The summed E-state index contributed by atoms with van der Waals surface area (Å²) < 4.78 is 1.88. The normalized spacial score (nSPS) is 16.6. The SMILES string of the molecule is CC(CC(=O)Nc1ccc(Sc2nncn2C)cc1)C1CCNCC1. The topological polar surface area (TPSA) is 71.8 Å². The number of piperidine rings is 1. The average molecular weight is 359 g/mol. The third-order valence-corrected chi connectivity index (χ3v) is 5.77. The number of aryl methyl sites for hydroxylation is 1. The van der Waals surface area contributed by atoms with Crippen LogP contribution in [0.15, 0.2) is 40.6 Å². The summed E-state index contributed by atoms with van der Waals surface area (Å²) in [5.41, 5.74) is 0.838. The van der Waals surface area contributed by atoms with Crippen molar-refractivity contribution < 1.29 is 4.79 Å². The zero-order valence-corrected chi connectivity index (χ0v) is 15.6. The second kappa shape index (κ2) is 8.49. The number of benzene rings is 1. The van der Waals surface area contributed by atoms with E-state index in [-0.39, 0.29) is 5.91 Å². The fraction of sp³-hybridized carbons (Fsp3) is 0.500. The van der Waals surface area contributed by atoms with Crippen molar-refractivity contribution in [2.45, 2.75) is 36.2 Å². The van der Waals surface area contributed by atoms with E-state index in [0.717, 1.165) is 28.8 Å². The Morgan fingerprint density at radius 1 is 1.36 bits per heavy atom. The molecule has 1 aromatic carbocycles. The Morgan fingerprint density at radius 2 is 2.08 bits per heavy atom. The van der Waals surface area contributed by atoms with Gasteiger partial charge in [0.25, 0.3) is 0 Å². The summed E-state index contributed by atoms with van der Waals surface area (Å²) in [6.45, 7) is 4.33. The summed E-state index contributed by atoms with van der Waals surface area (Å²) in [6.07, 6.45) is 4.60. The van der Waals surface area contributed by atoms with E-state index in [1.165, 1.54) is 12.8 Å². The van der Waals surface area contributed by atoms with Gasteiger partial charge in [-0.3, -0.25) is 4.79 Å². The second-order valence-electron chi connectivity index (χ2n) is 6.67. The van der Waals surface area contributed by atoms with Crippen molar-refractivity contribution in [2.24, 2.45) is 18.9 Å². The van der Waals surface area contributed by atoms with Gasteiger partial charge in [-0.15, -0.1) is 10.2 Å². The molecule has 1 atom stereocenters. The summed E-state index contributed by atoms with van der Waals surface area (Å²) in [7, 11) is 1.92. The fourth-order valence-corrected chi connectivity index (χ4v) is 3.92. The molecule has 6 nitrogen and oxygen atoms in total. The fourth-order valence-electron chi connectivity index (χ4n) is 3.16. The van der Waals surface area contributed by atoms with E-state index in [2.05, 4.69) is 27.8 Å². The molecule has 1 amide bonds. The van der Waals surface area contributed by atoms with Gasteiger partial charge < -0.3 is 15.2 Å². The molecule has 0 radical (unpaired) electrons. The van der Waals surface area contributed by atoms with E-state index >= 15 is 0 Å². The van der Waals surface area contributed by atoms with Crippen LogP contribution in [-0.4, -0.2) is 33.8 Å². The van der Waals surface area contributed by atoms with Crippen molar-refractivity contribution >= 4 is 23.4 Å². The average Bonchev–Trinajstić information content (AvgIpc) is 3.02. The van der Waals surface area contributed by atoms with E-state index in [1.807, 2.05) is 35.9 Å². The van der Waals surface area contributed by atoms with Crippen LogP contribution in [0.5, 0.6) is 0 Å². The maximum atomic E-state index is 12.3. The van der Waals surface area contributed by atoms with Gasteiger partial charge in [-0.05, 0) is 73.8 Å². The lowest BCUT2D eigenvalue weighted by molar-refractivity contribution is -0.117. The van der Waals surface area contributed by atoms with Crippen molar-refractivity contribution in [1.82, 2.24) is 20.1 Å². The Morgan fingerprint density at radius 3 is 2.72 bits per heavy atom. The standard InChI is InChI=1S/C18H25N5OS/c1-13(14-7-9-19-10-8-14)11-17(24)21-15-3-5-16(6-4-15)25-18-22-20-12-23(18)2/h3-6,12-14,19H,7-11H2,1-2H3,(H,21,24). The summed E-state index contributed by atoms with van der Waals surface area (Å²) in [6, 6.07) is 7.86. The quantitative estimate of drug-likeness (QED) is 0.830. The third kappa shape index (κ3) is 5.06. The number of aromatic nitrogens is 3. The minimum atomic E-state index is 0.0970. The Kier molecular flexibility index (Phi) is 6.09. The third-order valence-electron chi connectivity index (χ3n) is 4.71. The van der Waals surface area contributed by atoms with E-state index in [1.54, 1.807) is 18.1 Å². The Labute approximate surface area is 152 Å². The number of nitrogens with zero attached hydrogens (tertiary/aromatic N) is 3. The van der Waals surface area contributed by atoms with Crippen molar-refractivity contribution in [1.29, 1.82) is 0 Å². The van der Waals surface area contributed by atoms with Crippen molar-refractivity contribution in [3.05, 3.63) is 30.6 Å². The van der Waals surface area contributed by atoms with Gasteiger partial charge in [-0.25, -0.2) is 0 Å². The molecule has 3 rings (SSSR count). The summed E-state index contributed by atoms with van der Waals surface area (Å²) in [5.74, 6) is 1.17. The molecular weight excluding hydrogens is 334 g/mol. The molecule has 0 spiro atoms. The molecule has 2 N–H and O–H groups in total. The van der Waals surface area contributed by atoms with Gasteiger partial charge in [-0.1, -0.05) is 6.92 Å². The molecule has 1 saturated heterocycles. The smallest absolute Gasteiger partial charge is 0.224 e. The van der Waals surface area contributed by atoms with E-state index in [9.17, 15) is 4.79 Å². The lowest BCUT2D eigenvalue weighted by Gasteiger charge is -2.27. The molecule has 2 aromatic rings. The molecule has 1 aromatic heterocycles. The molecule has 2 heterocycles. The Hall–Kier alpha value is -1.86. The van der Waals surface area contributed by atoms with Gasteiger partial charge in [0.05, 0.1) is 0 Å². The minimum absolute atomic E-state index is 0.0970. The molecule has 1 unspecified atom stereocenters. The number of rotatable bonds is 6. The van der Waals surface area contributed by atoms with Crippen molar-refractivity contribution in [2.75, 3.05) is 18.4 Å². The Bertz CT molecular complexity index is 694. The van der Waals surface area contributed by atoms with Crippen molar-refractivity contribution in [3.8, 4) is 0 Å². The first-order valence-corrected chi connectivity index (χ1v) is 9.56. The first-order valence-electron chi connectivity index (χ1n) is 8.74. The molecule has 0 saturated carbocycles. The van der Waals surface area contributed by atoms with Crippen LogP contribution in [-0.2, 0) is 11.8 Å². The number of hydrogen-bond donors (Lipinski definition) is 2. The predicted octanol–water partition coefficient (Wildman–Crippen LogP) is 2.93. The molecule has 0 aliphatic carbocycles. The van der Waals surface area contributed by atoms with Crippen LogP contribution in [0.1, 0.15) is 26.2 Å². The van der Waals surface area contributed by atoms with Crippen LogP contribution in [0.25, 0.3) is 0 Å². The predicted molar refractivity (Wildman–Crippen MR) is 99.6 cm³/mol. The van der Waals surface area contributed by atoms with E-state index in [0.29, 0.717) is 18.3 Å². The maximum absolute atomic E-state index is 12.3. The number of anilines is 1. The first kappa shape index (κ1) is 17.9. The number of carbonyl (C=O) groups excluding carboxylic acids is 1. The van der Waals surface area contributed by atoms with Crippen LogP contribution in [0, 0.1) is 11.8 Å². The lowest BCUT2D eigenvalue weighted by atomic mass is 9.84. The number of carbonyl (C=O) groups is 1. The molecule has 1 aliphatic heterocycles. The largest absolute Gasteiger partial charge is 0.326 e. The summed E-state index contributed by atoms with van der Waals surface area (Å²) in [4.78, 5) is 13.4. The zero-order valence-electron chi connectivity index (χ0n) is 14.7. The van der Waals surface area contributed by atoms with Crippen LogP contribution in [0.3, 0.4) is 0 Å². The molecule has 7 heteroatoms. The van der Waals surface area contributed by atoms with E-state index in [4.69, 9.17) is 0 Å². The van der Waals surface area contributed by atoms with Crippen LogP contribution in [0.4, 0.5) is 5.69 Å². The molecule has 0 bridgehead atoms. The van der Waals surface area contributed by atoms with Gasteiger partial charge in [0.2, 0.25) is 5.91 Å². The lowest BCUT2D eigenvalue weighted by Crippen LogP contribution is -2.32. The molecule has 134 valence electrons. The molecule has 1 aliphatic rings. The van der Waals surface area contributed by atoms with E-state index < -0.39 is 0 Å². The highest BCUT2D eigenvalue weighted by atomic mass is 32.2. The van der Waals surface area contributed by atoms with Crippen LogP contribution >= 0.6 is 11.8 Å². The first-order chi connectivity index (χ1) is 12.1. The van der Waals surface area contributed by atoms with Gasteiger partial charge in [0.1, 0.15) is 6.33 Å². The summed E-state index contributed by atoms with van der Waals surface area (Å²) in [5, 5.41) is 15.2. The van der Waals surface area contributed by atoms with Gasteiger partial charge >= 0.3 is 0 Å². The van der Waals surface area contributed by atoms with Gasteiger partial charge in [-0.2, -0.15) is 0 Å². The van der Waals surface area contributed by atoms with Crippen LogP contribution in [0.2, 0.25) is 0 Å². The number of hydrogen-bond acceptors (Lipinski definition) is 5. The highest BCUT2D eigenvalue weighted by Gasteiger charge is 2.22. The Balaban J connectivity index is 1.50. The monoisotopic (exact) mass is 359 g/mol. The summed E-state index contributed by atoms with van der Waals surface area (Å²) >= 11 is 1.55. The van der Waals surface area contributed by atoms with Crippen LogP contribution < -0.4 is 10.6 Å². The van der Waals surface area contributed by atoms with Gasteiger partial charge in [0.15, 0.2) is 5.16 Å². The highest BCUT2D eigenvalue weighted by molar-refractivity contribution is 7.99. The minimum Gasteiger partial charge on any atom is -0.326 e. The van der Waals surface area contributed by atoms with Crippen molar-refractivity contribution in [3.63, 3.8) is 0 Å². The molecule has 25 heavy (non-hydrogen) atoms. The highest BCUT2D eigenvalue weighted by Crippen LogP contribution is 2.27. The molecule has 1 fully saturated rings.